The van der Waals surface area contributed by atoms with E-state index < -0.39 is 5.97 Å². The van der Waals surface area contributed by atoms with Crippen molar-refractivity contribution >= 4 is 11.8 Å². The number of hydrogen-bond acceptors (Lipinski definition) is 5. The molecule has 4 rings (SSSR count). The maximum atomic E-state index is 12.9. The Labute approximate surface area is 191 Å². The van der Waals surface area contributed by atoms with Crippen LogP contribution in [0.15, 0.2) is 73.1 Å². The van der Waals surface area contributed by atoms with Crippen LogP contribution in [-0.2, 0) is 13.0 Å². The summed E-state index contributed by atoms with van der Waals surface area (Å²) in [5.41, 5.74) is 2.92. The summed E-state index contributed by atoms with van der Waals surface area (Å²) in [4.78, 5) is 33.4. The summed E-state index contributed by atoms with van der Waals surface area (Å²) in [5.74, 6) is -0.285. The van der Waals surface area contributed by atoms with Gasteiger partial charge in [0.05, 0.1) is 12.1 Å². The second-order valence-corrected chi connectivity index (χ2v) is 7.74. The summed E-state index contributed by atoms with van der Waals surface area (Å²) in [7, 11) is 0. The van der Waals surface area contributed by atoms with Crippen molar-refractivity contribution < 1.29 is 14.7 Å². The third-order valence-electron chi connectivity index (χ3n) is 5.34. The van der Waals surface area contributed by atoms with Crippen LogP contribution in [0, 0.1) is 0 Å². The number of carboxylic acids is 1. The number of hydrogen-bond donors (Lipinski definition) is 1. The molecule has 7 heteroatoms. The highest BCUT2D eigenvalue weighted by Crippen LogP contribution is 2.24. The minimum absolute atomic E-state index is 0.174. The Hall–Kier alpha value is -4.13. The maximum Gasteiger partial charge on any atom is 0.336 e. The third-order valence-corrected chi connectivity index (χ3v) is 5.34. The molecular weight excluding hydrogens is 416 g/mol. The molecule has 0 aliphatic rings. The summed E-state index contributed by atoms with van der Waals surface area (Å²) in [6.07, 6.45) is 6.01. The van der Waals surface area contributed by atoms with Gasteiger partial charge < -0.3 is 5.11 Å². The van der Waals surface area contributed by atoms with Crippen LogP contribution in [-0.4, -0.2) is 36.6 Å². The largest absolute Gasteiger partial charge is 0.478 e. The number of unbranched alkanes of at least 4 members (excludes halogenated alkanes) is 1. The van der Waals surface area contributed by atoms with Gasteiger partial charge in [0, 0.05) is 29.9 Å². The molecule has 7 nitrogen and oxygen atoms in total. The average Bonchev–Trinajstić information content (AvgIpc) is 3.25. The van der Waals surface area contributed by atoms with E-state index in [1.165, 1.54) is 0 Å². The maximum absolute atomic E-state index is 12.9. The van der Waals surface area contributed by atoms with Crippen molar-refractivity contribution in [2.45, 2.75) is 32.7 Å². The number of pyridine rings is 1. The monoisotopic (exact) mass is 440 g/mol. The zero-order chi connectivity index (χ0) is 23.2. The highest BCUT2D eigenvalue weighted by Gasteiger charge is 2.18. The molecule has 0 aliphatic heterocycles. The van der Waals surface area contributed by atoms with E-state index in [0.717, 1.165) is 24.2 Å². The molecule has 0 spiro atoms. The van der Waals surface area contributed by atoms with Gasteiger partial charge in [-0.15, -0.1) is 5.10 Å². The van der Waals surface area contributed by atoms with Crippen LogP contribution in [0.1, 0.15) is 57.7 Å². The quantitative estimate of drug-likeness (QED) is 0.380. The summed E-state index contributed by atoms with van der Waals surface area (Å²) in [6.45, 7) is 2.48. The topological polar surface area (TPSA) is 98.0 Å². The van der Waals surface area contributed by atoms with Gasteiger partial charge >= 0.3 is 5.97 Å². The average molecular weight is 441 g/mol. The lowest BCUT2D eigenvalue weighted by Crippen LogP contribution is -2.09. The number of carbonyl (C=O) groups is 2. The lowest BCUT2D eigenvalue weighted by Gasteiger charge is -2.09. The van der Waals surface area contributed by atoms with Gasteiger partial charge in [0.1, 0.15) is 5.82 Å². The number of aromatic nitrogens is 4. The molecule has 0 fully saturated rings. The smallest absolute Gasteiger partial charge is 0.336 e. The summed E-state index contributed by atoms with van der Waals surface area (Å²) >= 11 is 0. The Morgan fingerprint density at radius 1 is 1.00 bits per heavy atom. The molecule has 0 unspecified atom stereocenters. The molecule has 2 heterocycles. The zero-order valence-electron chi connectivity index (χ0n) is 18.3. The van der Waals surface area contributed by atoms with Crippen molar-refractivity contribution in [3.8, 4) is 11.1 Å². The molecule has 2 aromatic heterocycles. The summed E-state index contributed by atoms with van der Waals surface area (Å²) < 4.78 is 1.75. The van der Waals surface area contributed by atoms with Crippen molar-refractivity contribution in [2.75, 3.05) is 0 Å². The SMILES string of the molecule is CCCCc1nc(C(=O)c2ccccc2)nn1Cc1cncc(-c2ccccc2C(=O)O)c1. The fraction of sp³-hybridized carbons (Fsp3) is 0.192. The first-order chi connectivity index (χ1) is 16.1. The van der Waals surface area contributed by atoms with Crippen molar-refractivity contribution in [3.05, 3.63) is 101 Å². The molecule has 166 valence electrons. The van der Waals surface area contributed by atoms with E-state index in [-0.39, 0.29) is 17.2 Å². The second kappa shape index (κ2) is 9.99. The highest BCUT2D eigenvalue weighted by atomic mass is 16.4. The minimum atomic E-state index is -0.988. The van der Waals surface area contributed by atoms with Crippen molar-refractivity contribution in [1.29, 1.82) is 0 Å². The predicted octanol–water partition coefficient (Wildman–Crippen LogP) is 4.66. The molecular formula is C26H24N4O3. The highest BCUT2D eigenvalue weighted by molar-refractivity contribution is 6.06. The fourth-order valence-corrected chi connectivity index (χ4v) is 3.65. The van der Waals surface area contributed by atoms with Crippen LogP contribution in [0.2, 0.25) is 0 Å². The summed E-state index contributed by atoms with van der Waals surface area (Å²) in [6, 6.07) is 17.7. The minimum Gasteiger partial charge on any atom is -0.478 e. The number of aromatic carboxylic acids is 1. The standard InChI is InChI=1S/C26H24N4O3/c1-2-3-13-23-28-25(24(31)19-9-5-4-6-10-19)29-30(23)17-18-14-20(16-27-15-18)21-11-7-8-12-22(21)26(32)33/h4-12,14-16H,2-3,13,17H2,1H3,(H,32,33). The van der Waals surface area contributed by atoms with Crippen LogP contribution < -0.4 is 0 Å². The van der Waals surface area contributed by atoms with Gasteiger partial charge in [-0.25, -0.2) is 14.5 Å². The van der Waals surface area contributed by atoms with Crippen LogP contribution in [0.25, 0.3) is 11.1 Å². The molecule has 0 saturated carbocycles. The van der Waals surface area contributed by atoms with E-state index in [9.17, 15) is 14.7 Å². The van der Waals surface area contributed by atoms with Crippen LogP contribution >= 0.6 is 0 Å². The molecule has 0 aliphatic carbocycles. The van der Waals surface area contributed by atoms with Crippen LogP contribution in [0.5, 0.6) is 0 Å². The molecule has 0 saturated heterocycles. The Bertz CT molecular complexity index is 1280. The molecule has 0 radical (unpaired) electrons. The number of aryl methyl sites for hydroxylation is 1. The number of nitrogens with zero attached hydrogens (tertiary/aromatic N) is 4. The first-order valence-electron chi connectivity index (χ1n) is 10.9. The van der Waals surface area contributed by atoms with Gasteiger partial charge in [0.25, 0.3) is 0 Å². The molecule has 2 aromatic carbocycles. The van der Waals surface area contributed by atoms with E-state index in [4.69, 9.17) is 0 Å². The van der Waals surface area contributed by atoms with Gasteiger partial charge in [-0.05, 0) is 29.7 Å². The Balaban J connectivity index is 1.66. The number of carbonyl (C=O) groups excluding carboxylic acids is 1. The molecule has 0 atom stereocenters. The van der Waals surface area contributed by atoms with Crippen LogP contribution in [0.3, 0.4) is 0 Å². The number of carboxylic acid groups (broad SMARTS) is 1. The first-order valence-corrected chi connectivity index (χ1v) is 10.9. The van der Waals surface area contributed by atoms with Crippen molar-refractivity contribution in [3.63, 3.8) is 0 Å². The van der Waals surface area contributed by atoms with E-state index in [1.807, 2.05) is 24.3 Å². The Kier molecular flexibility index (Phi) is 6.69. The number of rotatable bonds is 9. The number of ketones is 1. The van der Waals surface area contributed by atoms with Gasteiger partial charge in [0.2, 0.25) is 11.6 Å². The molecule has 0 amide bonds. The van der Waals surface area contributed by atoms with E-state index >= 15 is 0 Å². The van der Waals surface area contributed by atoms with E-state index in [2.05, 4.69) is 22.0 Å². The molecule has 0 bridgehead atoms. The second-order valence-electron chi connectivity index (χ2n) is 7.74. The van der Waals surface area contributed by atoms with Crippen LogP contribution in [0.4, 0.5) is 0 Å². The molecule has 1 N–H and O–H groups in total. The molecule has 33 heavy (non-hydrogen) atoms. The lowest BCUT2D eigenvalue weighted by molar-refractivity contribution is 0.0697. The van der Waals surface area contributed by atoms with Gasteiger partial charge in [-0.2, -0.15) is 0 Å². The Morgan fingerprint density at radius 2 is 1.76 bits per heavy atom. The zero-order valence-corrected chi connectivity index (χ0v) is 18.3. The summed E-state index contributed by atoms with van der Waals surface area (Å²) in [5, 5.41) is 14.0. The normalized spacial score (nSPS) is 10.8. The third kappa shape index (κ3) is 5.03. The number of benzene rings is 2. The van der Waals surface area contributed by atoms with E-state index in [1.54, 1.807) is 53.5 Å². The van der Waals surface area contributed by atoms with Gasteiger partial charge in [-0.1, -0.05) is 61.9 Å². The van der Waals surface area contributed by atoms with Crippen molar-refractivity contribution in [2.24, 2.45) is 0 Å². The van der Waals surface area contributed by atoms with Gasteiger partial charge in [0.15, 0.2) is 0 Å². The molecule has 4 aromatic rings. The lowest BCUT2D eigenvalue weighted by atomic mass is 10.00. The van der Waals surface area contributed by atoms with Gasteiger partial charge in [-0.3, -0.25) is 9.78 Å². The Morgan fingerprint density at radius 3 is 2.52 bits per heavy atom. The predicted molar refractivity (Wildman–Crippen MR) is 124 cm³/mol. The van der Waals surface area contributed by atoms with Crippen molar-refractivity contribution in [1.82, 2.24) is 19.7 Å². The fourth-order valence-electron chi connectivity index (χ4n) is 3.65. The first kappa shape index (κ1) is 22.1. The van der Waals surface area contributed by atoms with E-state index in [0.29, 0.717) is 29.7 Å².